The molecule has 0 aliphatic rings. The van der Waals surface area contributed by atoms with Crippen molar-refractivity contribution in [1.29, 1.82) is 0 Å². The first-order valence-corrected chi connectivity index (χ1v) is 12.0. The molecule has 0 unspecified atom stereocenters. The van der Waals surface area contributed by atoms with Crippen molar-refractivity contribution in [1.82, 2.24) is 15.0 Å². The van der Waals surface area contributed by atoms with E-state index in [1.807, 2.05) is 41.5 Å². The summed E-state index contributed by atoms with van der Waals surface area (Å²) in [7, 11) is 0. The van der Waals surface area contributed by atoms with Gasteiger partial charge in [-0.15, -0.1) is 0 Å². The van der Waals surface area contributed by atoms with Crippen LogP contribution in [0.3, 0.4) is 0 Å². The van der Waals surface area contributed by atoms with Gasteiger partial charge in [-0.3, -0.25) is 0 Å². The van der Waals surface area contributed by atoms with E-state index in [-0.39, 0.29) is 17.1 Å². The Labute approximate surface area is 227 Å². The number of nitrogens with zero attached hydrogens (tertiary/aromatic N) is 6. The van der Waals surface area contributed by atoms with Crippen LogP contribution < -0.4 is 14.2 Å². The number of aryl methyl sites for hydroxylation is 6. The summed E-state index contributed by atoms with van der Waals surface area (Å²) < 4.78 is 1.37. The zero-order valence-electron chi connectivity index (χ0n) is 22.1. The topological polar surface area (TPSA) is 180 Å². The summed E-state index contributed by atoms with van der Waals surface area (Å²) in [6.45, 7) is 11.4. The molecule has 3 aromatic rings. The van der Waals surface area contributed by atoms with Crippen LogP contribution in [0.25, 0.3) is 0 Å². The molecule has 13 heteroatoms. The molecule has 0 saturated heterocycles. The Balaban J connectivity index is 0.000000518. The average Bonchev–Trinajstić information content (AvgIpc) is 2.89. The van der Waals surface area contributed by atoms with Gasteiger partial charge in [0.2, 0.25) is 0 Å². The van der Waals surface area contributed by atoms with Crippen LogP contribution in [-0.4, -0.2) is 30.3 Å². The number of aromatic hydroxyl groups is 3. The molecule has 0 fully saturated rings. The molecule has 3 rings (SSSR count). The van der Waals surface area contributed by atoms with Crippen LogP contribution in [0.2, 0.25) is 0 Å². The second kappa shape index (κ2) is 16.3. The first kappa shape index (κ1) is 33.6. The quantitative estimate of drug-likeness (QED) is 0.229. The van der Waals surface area contributed by atoms with Gasteiger partial charge in [-0.1, -0.05) is 41.5 Å². The fourth-order valence-electron chi connectivity index (χ4n) is 3.04. The van der Waals surface area contributed by atoms with E-state index in [2.05, 4.69) is 15.0 Å². The van der Waals surface area contributed by atoms with Crippen molar-refractivity contribution in [2.45, 2.75) is 80.1 Å². The van der Waals surface area contributed by atoms with Gasteiger partial charge in [0.05, 0.1) is 0 Å². The smallest absolute Gasteiger partial charge is 0.499 e. The average molecular weight is 560 g/mol. The summed E-state index contributed by atoms with van der Waals surface area (Å²) in [6.07, 6.45) is 3.98. The molecule has 0 spiro atoms. The van der Waals surface area contributed by atoms with Crippen molar-refractivity contribution >= 4 is 0 Å². The minimum Gasteiger partial charge on any atom is -0.708 e. The normalized spacial score (nSPS) is 9.89. The minimum atomic E-state index is -0.453. The molecule has 3 N–H and O–H groups in total. The monoisotopic (exact) mass is 560 g/mol. The maximum absolute atomic E-state index is 11.1. The molecular weight excluding hydrogens is 524 g/mol. The van der Waals surface area contributed by atoms with E-state index in [9.17, 15) is 15.6 Å². The fourth-order valence-corrected chi connectivity index (χ4v) is 3.04. The van der Waals surface area contributed by atoms with Crippen LogP contribution in [0.5, 0.6) is 18.0 Å². The van der Waals surface area contributed by atoms with Gasteiger partial charge < -0.3 is 30.9 Å². The van der Waals surface area contributed by atoms with E-state index < -0.39 is 18.0 Å². The zero-order valence-corrected chi connectivity index (χ0v) is 23.2. The molecule has 0 aromatic carbocycles. The molecule has 0 radical (unpaired) electrons. The van der Waals surface area contributed by atoms with E-state index >= 15 is 0 Å². The predicted octanol–water partition coefficient (Wildman–Crippen LogP) is 1.63. The number of hydrogen-bond donors (Lipinski definition) is 3. The summed E-state index contributed by atoms with van der Waals surface area (Å²) in [5.74, 6) is 0. The summed E-state index contributed by atoms with van der Waals surface area (Å²) in [5, 5.41) is 60.5. The van der Waals surface area contributed by atoms with E-state index in [1.54, 1.807) is 18.2 Å². The largest absolute Gasteiger partial charge is 0.708 e. The van der Waals surface area contributed by atoms with E-state index in [4.69, 9.17) is 15.3 Å². The van der Waals surface area contributed by atoms with Crippen molar-refractivity contribution < 1.29 is 46.6 Å². The van der Waals surface area contributed by atoms with Crippen LogP contribution in [0.15, 0.2) is 18.2 Å². The van der Waals surface area contributed by atoms with Gasteiger partial charge in [-0.2, -0.15) is 14.2 Å². The Morgan fingerprint density at radius 1 is 0.514 bits per heavy atom. The van der Waals surface area contributed by atoms with Crippen LogP contribution in [-0.2, 0) is 55.6 Å². The Morgan fingerprint density at radius 3 is 0.892 bits per heavy atom. The van der Waals surface area contributed by atoms with Crippen molar-refractivity contribution in [3.05, 3.63) is 68.0 Å². The number of aromatic nitrogens is 6. The molecule has 3 heterocycles. The molecule has 12 nitrogen and oxygen atoms in total. The van der Waals surface area contributed by atoms with Gasteiger partial charge in [0, 0.05) is 73.8 Å². The molecule has 0 amide bonds. The van der Waals surface area contributed by atoms with E-state index in [0.717, 1.165) is 36.3 Å². The zero-order chi connectivity index (χ0) is 27.4. The Bertz CT molecular complexity index is 1010. The molecule has 0 atom stereocenters. The standard InChI is InChI=1S/3C8H12N2O2.Fe/c3*1-3-6-5-7(4-2)10(12)8(11)9-6;/h3*5H,3-4H2,1-2H3,(H,9,11);. The van der Waals surface area contributed by atoms with Crippen molar-refractivity contribution in [2.24, 2.45) is 0 Å². The van der Waals surface area contributed by atoms with Gasteiger partial charge >= 0.3 is 18.0 Å². The first-order chi connectivity index (χ1) is 17.1. The predicted molar refractivity (Wildman–Crippen MR) is 131 cm³/mol. The maximum atomic E-state index is 11.1. The third kappa shape index (κ3) is 9.51. The van der Waals surface area contributed by atoms with Gasteiger partial charge in [0.15, 0.2) is 17.1 Å². The van der Waals surface area contributed by atoms with Gasteiger partial charge in [0.25, 0.3) is 0 Å². The molecule has 0 aliphatic heterocycles. The summed E-state index contributed by atoms with van der Waals surface area (Å²) in [5.41, 5.74) is 3.91. The summed E-state index contributed by atoms with van der Waals surface area (Å²) in [4.78, 5) is 11.1. The van der Waals surface area contributed by atoms with E-state index in [1.165, 1.54) is 0 Å². The molecule has 206 valence electrons. The number of hydrogen-bond acceptors (Lipinski definition) is 9. The third-order valence-electron chi connectivity index (χ3n) is 5.23. The van der Waals surface area contributed by atoms with Crippen molar-refractivity contribution in [3.63, 3.8) is 0 Å². The molecule has 3 aromatic heterocycles. The molecular formula is C24H36FeN6O6. The second-order valence-electron chi connectivity index (χ2n) is 7.62. The maximum Gasteiger partial charge on any atom is 0.499 e. The van der Waals surface area contributed by atoms with Gasteiger partial charge in [-0.25, -0.2) is 0 Å². The molecule has 0 saturated carbocycles. The molecule has 0 aliphatic carbocycles. The van der Waals surface area contributed by atoms with E-state index in [0.29, 0.717) is 50.5 Å². The van der Waals surface area contributed by atoms with Gasteiger partial charge in [0.1, 0.15) is 17.1 Å². The van der Waals surface area contributed by atoms with Gasteiger partial charge in [-0.05, 0) is 15.0 Å². The van der Waals surface area contributed by atoms with Crippen molar-refractivity contribution in [2.75, 3.05) is 0 Å². The summed E-state index contributed by atoms with van der Waals surface area (Å²) in [6, 6.07) is 3.79. The number of rotatable bonds is 6. The van der Waals surface area contributed by atoms with Crippen LogP contribution in [0.1, 0.15) is 75.7 Å². The third-order valence-corrected chi connectivity index (χ3v) is 5.23. The fraction of sp³-hybridized carbons (Fsp3) is 0.500. The summed E-state index contributed by atoms with van der Waals surface area (Å²) >= 11 is 0. The SMILES string of the molecule is CCc1cc(CC)[n+]([O-])c(O)n1.CCc1cc(CC)[n+]([O-])c(O)n1.CCc1cc(CC)[n+]([O-])c(O)n1.[Fe]. The van der Waals surface area contributed by atoms with Crippen LogP contribution in [0, 0.1) is 15.6 Å². The minimum absolute atomic E-state index is 0. The van der Waals surface area contributed by atoms with Crippen molar-refractivity contribution in [3.8, 4) is 18.0 Å². The Morgan fingerprint density at radius 2 is 0.730 bits per heavy atom. The van der Waals surface area contributed by atoms with Crippen LogP contribution >= 0.6 is 0 Å². The molecule has 37 heavy (non-hydrogen) atoms. The Hall–Kier alpha value is -3.44. The molecule has 0 bridgehead atoms. The van der Waals surface area contributed by atoms with Crippen LogP contribution in [0.4, 0.5) is 0 Å². The Kier molecular flexibility index (Phi) is 14.8. The first-order valence-electron chi connectivity index (χ1n) is 12.0. The second-order valence-corrected chi connectivity index (χ2v) is 7.62.